The zero-order valence-corrected chi connectivity index (χ0v) is 8.10. The van der Waals surface area contributed by atoms with E-state index in [9.17, 15) is 17.6 Å². The molecular formula is C8H7BF4O3. The van der Waals surface area contributed by atoms with Gasteiger partial charge in [0.05, 0.1) is 12.1 Å². The molecule has 0 aromatic heterocycles. The molecule has 0 amide bonds. The van der Waals surface area contributed by atoms with Gasteiger partial charge in [0, 0.05) is 0 Å². The van der Waals surface area contributed by atoms with E-state index in [1.165, 1.54) is 6.92 Å². The van der Waals surface area contributed by atoms with Crippen LogP contribution in [0.25, 0.3) is 0 Å². The molecule has 0 saturated heterocycles. The summed E-state index contributed by atoms with van der Waals surface area (Å²) in [6, 6.07) is 0. The van der Waals surface area contributed by atoms with Crippen LogP contribution < -0.4 is 10.2 Å². The lowest BCUT2D eigenvalue weighted by Gasteiger charge is -2.11. The molecule has 0 saturated carbocycles. The summed E-state index contributed by atoms with van der Waals surface area (Å²) < 4.78 is 56.8. The number of rotatable bonds is 3. The fourth-order valence-corrected chi connectivity index (χ4v) is 1.13. The Bertz CT molecular complexity index is 382. The van der Waals surface area contributed by atoms with Crippen LogP contribution in [0.3, 0.4) is 0 Å². The van der Waals surface area contributed by atoms with Crippen molar-refractivity contribution in [3.63, 3.8) is 0 Å². The van der Waals surface area contributed by atoms with Gasteiger partial charge in [0.1, 0.15) is 0 Å². The molecule has 0 aliphatic carbocycles. The van der Waals surface area contributed by atoms with E-state index in [4.69, 9.17) is 10.0 Å². The molecular weight excluding hydrogens is 231 g/mol. The standard InChI is InChI=1S/C8H7BF4O3/c1-2-16-8-6(12)4(10)3(9(14)15)5(11)7(8)13/h14-15H,2H2,1H3. The van der Waals surface area contributed by atoms with Crippen LogP contribution in [0.15, 0.2) is 0 Å². The van der Waals surface area contributed by atoms with Crippen LogP contribution in [0, 0.1) is 23.3 Å². The lowest BCUT2D eigenvalue weighted by atomic mass is 9.79. The fourth-order valence-electron chi connectivity index (χ4n) is 1.13. The molecule has 1 aromatic rings. The van der Waals surface area contributed by atoms with E-state index >= 15 is 0 Å². The van der Waals surface area contributed by atoms with Crippen molar-refractivity contribution in [2.45, 2.75) is 6.92 Å². The second-order valence-corrected chi connectivity index (χ2v) is 2.81. The highest BCUT2D eigenvalue weighted by Crippen LogP contribution is 2.25. The molecule has 0 bridgehead atoms. The maximum absolute atomic E-state index is 13.1. The zero-order chi connectivity index (χ0) is 12.5. The first-order valence-corrected chi connectivity index (χ1v) is 4.26. The average molecular weight is 238 g/mol. The highest BCUT2D eigenvalue weighted by Gasteiger charge is 2.32. The minimum atomic E-state index is -2.65. The SMILES string of the molecule is CCOc1c(F)c(F)c(B(O)O)c(F)c1F. The summed E-state index contributed by atoms with van der Waals surface area (Å²) in [5.74, 6) is -8.61. The number of hydrogen-bond acceptors (Lipinski definition) is 3. The summed E-state index contributed by atoms with van der Waals surface area (Å²) >= 11 is 0. The molecule has 3 nitrogen and oxygen atoms in total. The number of halogens is 4. The Kier molecular flexibility index (Phi) is 3.76. The van der Waals surface area contributed by atoms with Gasteiger partial charge >= 0.3 is 7.12 Å². The minimum absolute atomic E-state index is 0.201. The Balaban J connectivity index is 3.50. The van der Waals surface area contributed by atoms with Crippen molar-refractivity contribution >= 4 is 12.6 Å². The van der Waals surface area contributed by atoms with Gasteiger partial charge in [0.2, 0.25) is 11.6 Å². The van der Waals surface area contributed by atoms with Gasteiger partial charge < -0.3 is 14.8 Å². The number of hydrogen-bond donors (Lipinski definition) is 2. The van der Waals surface area contributed by atoms with E-state index in [0.717, 1.165) is 0 Å². The highest BCUT2D eigenvalue weighted by molar-refractivity contribution is 6.58. The molecule has 1 aromatic carbocycles. The molecule has 0 heterocycles. The fraction of sp³-hybridized carbons (Fsp3) is 0.250. The van der Waals surface area contributed by atoms with Crippen LogP contribution in [0.4, 0.5) is 17.6 Å². The molecule has 0 atom stereocenters. The van der Waals surface area contributed by atoms with Crippen molar-refractivity contribution in [3.8, 4) is 5.75 Å². The lowest BCUT2D eigenvalue weighted by molar-refractivity contribution is 0.287. The second kappa shape index (κ2) is 4.71. The van der Waals surface area contributed by atoms with E-state index in [2.05, 4.69) is 4.74 Å². The van der Waals surface area contributed by atoms with Crippen LogP contribution in [-0.2, 0) is 0 Å². The first-order chi connectivity index (χ1) is 7.41. The molecule has 16 heavy (non-hydrogen) atoms. The summed E-state index contributed by atoms with van der Waals surface area (Å²) in [5.41, 5.74) is -1.49. The smallest absolute Gasteiger partial charge is 0.488 e. The lowest BCUT2D eigenvalue weighted by Crippen LogP contribution is -2.37. The summed E-state index contributed by atoms with van der Waals surface area (Å²) in [7, 11) is -2.65. The van der Waals surface area contributed by atoms with Gasteiger partial charge in [-0.15, -0.1) is 0 Å². The van der Waals surface area contributed by atoms with Crippen molar-refractivity contribution in [1.29, 1.82) is 0 Å². The van der Waals surface area contributed by atoms with Crippen LogP contribution in [-0.4, -0.2) is 23.8 Å². The third-order valence-electron chi connectivity index (χ3n) is 1.80. The van der Waals surface area contributed by atoms with Crippen LogP contribution >= 0.6 is 0 Å². The molecule has 0 spiro atoms. The van der Waals surface area contributed by atoms with Crippen molar-refractivity contribution in [3.05, 3.63) is 23.3 Å². The predicted molar refractivity (Wildman–Crippen MR) is 47.3 cm³/mol. The molecule has 0 unspecified atom stereocenters. The van der Waals surface area contributed by atoms with Crippen molar-refractivity contribution in [2.75, 3.05) is 6.61 Å². The van der Waals surface area contributed by atoms with Crippen LogP contribution in [0.1, 0.15) is 6.92 Å². The number of benzene rings is 1. The molecule has 0 aliphatic heterocycles. The molecule has 0 fully saturated rings. The third-order valence-corrected chi connectivity index (χ3v) is 1.80. The van der Waals surface area contributed by atoms with Gasteiger partial charge in [0.15, 0.2) is 17.4 Å². The Morgan fingerprint density at radius 1 is 1.00 bits per heavy atom. The first kappa shape index (κ1) is 12.8. The molecule has 0 aliphatic rings. The van der Waals surface area contributed by atoms with Crippen molar-refractivity contribution < 1.29 is 32.3 Å². The molecule has 1 rings (SSSR count). The van der Waals surface area contributed by atoms with Crippen molar-refractivity contribution in [2.24, 2.45) is 0 Å². The maximum Gasteiger partial charge on any atom is 0.494 e. The van der Waals surface area contributed by atoms with E-state index in [0.29, 0.717) is 0 Å². The van der Waals surface area contributed by atoms with E-state index in [1.54, 1.807) is 0 Å². The van der Waals surface area contributed by atoms with Gasteiger partial charge in [-0.2, -0.15) is 8.78 Å². The Morgan fingerprint density at radius 3 is 1.75 bits per heavy atom. The molecule has 8 heteroatoms. The Labute approximate surface area is 88.4 Å². The normalized spacial score (nSPS) is 10.4. The summed E-state index contributed by atoms with van der Waals surface area (Å²) in [6.45, 7) is 1.16. The largest absolute Gasteiger partial charge is 0.494 e. The topological polar surface area (TPSA) is 49.7 Å². The highest BCUT2D eigenvalue weighted by atomic mass is 19.2. The van der Waals surface area contributed by atoms with Gasteiger partial charge in [-0.1, -0.05) is 0 Å². The van der Waals surface area contributed by atoms with Crippen LogP contribution in [0.2, 0.25) is 0 Å². The monoisotopic (exact) mass is 238 g/mol. The average Bonchev–Trinajstić information content (AvgIpc) is 2.21. The van der Waals surface area contributed by atoms with E-state index in [1.807, 2.05) is 0 Å². The quantitative estimate of drug-likeness (QED) is 0.453. The van der Waals surface area contributed by atoms with E-state index < -0.39 is 41.6 Å². The minimum Gasteiger partial charge on any atom is -0.488 e. The second-order valence-electron chi connectivity index (χ2n) is 2.81. The number of ether oxygens (including phenoxy) is 1. The molecule has 88 valence electrons. The summed E-state index contributed by atoms with van der Waals surface area (Å²) in [6.07, 6.45) is 0. The van der Waals surface area contributed by atoms with Crippen LogP contribution in [0.5, 0.6) is 5.75 Å². The summed E-state index contributed by atoms with van der Waals surface area (Å²) in [4.78, 5) is 0. The van der Waals surface area contributed by atoms with E-state index in [-0.39, 0.29) is 6.61 Å². The van der Waals surface area contributed by atoms with Gasteiger partial charge in [-0.3, -0.25) is 0 Å². The Morgan fingerprint density at radius 2 is 1.44 bits per heavy atom. The van der Waals surface area contributed by atoms with Gasteiger partial charge in [-0.05, 0) is 6.92 Å². The molecule has 2 N–H and O–H groups in total. The third kappa shape index (κ3) is 1.98. The van der Waals surface area contributed by atoms with Gasteiger partial charge in [0.25, 0.3) is 0 Å². The first-order valence-electron chi connectivity index (χ1n) is 4.26. The van der Waals surface area contributed by atoms with Crippen molar-refractivity contribution in [1.82, 2.24) is 0 Å². The predicted octanol–water partition coefficient (Wildman–Crippen LogP) is 0.321. The zero-order valence-electron chi connectivity index (χ0n) is 8.10. The van der Waals surface area contributed by atoms with Gasteiger partial charge in [-0.25, -0.2) is 8.78 Å². The summed E-state index contributed by atoms with van der Waals surface area (Å²) in [5, 5.41) is 17.1. The Hall–Kier alpha value is -1.28. The maximum atomic E-state index is 13.1. The molecule has 0 radical (unpaired) electrons.